The van der Waals surface area contributed by atoms with Crippen molar-refractivity contribution in [3.05, 3.63) is 28.7 Å². The molecule has 1 aliphatic heterocycles. The number of carbonyl (C=O) groups excluding carboxylic acids is 1. The summed E-state index contributed by atoms with van der Waals surface area (Å²) in [6.07, 6.45) is 1.95. The fourth-order valence-corrected chi connectivity index (χ4v) is 4.11. The van der Waals surface area contributed by atoms with Gasteiger partial charge in [-0.2, -0.15) is 5.26 Å². The maximum absolute atomic E-state index is 12.4. The molecule has 0 bridgehead atoms. The number of aromatic nitrogens is 3. The molecule has 160 valence electrons. The predicted octanol–water partition coefficient (Wildman–Crippen LogP) is 2.41. The Balaban J connectivity index is 1.66. The molecular formula is C20H27N7O2S. The number of anilines is 2. The molecule has 9 nitrogen and oxygen atoms in total. The summed E-state index contributed by atoms with van der Waals surface area (Å²) < 4.78 is 5.02. The Kier molecular flexibility index (Phi) is 7.68. The van der Waals surface area contributed by atoms with Crippen LogP contribution in [0, 0.1) is 18.3 Å². The van der Waals surface area contributed by atoms with Crippen molar-refractivity contribution < 1.29 is 9.53 Å². The molecule has 1 saturated heterocycles. The largest absolute Gasteiger partial charge is 0.383 e. The first-order valence-electron chi connectivity index (χ1n) is 9.92. The summed E-state index contributed by atoms with van der Waals surface area (Å²) in [5.74, 6) is 1.59. The highest BCUT2D eigenvalue weighted by Crippen LogP contribution is 2.29. The zero-order valence-corrected chi connectivity index (χ0v) is 18.4. The average Bonchev–Trinajstić information content (AvgIpc) is 3.20. The molecule has 3 heterocycles. The van der Waals surface area contributed by atoms with Gasteiger partial charge in [0.1, 0.15) is 17.3 Å². The highest BCUT2D eigenvalue weighted by Gasteiger charge is 2.22. The Morgan fingerprint density at radius 3 is 2.87 bits per heavy atom. The molecule has 30 heavy (non-hydrogen) atoms. The van der Waals surface area contributed by atoms with Gasteiger partial charge in [-0.3, -0.25) is 9.69 Å². The topological polar surface area (TPSA) is 107 Å². The molecule has 0 atom stereocenters. The number of ether oxygens (including phenoxy) is 1. The van der Waals surface area contributed by atoms with E-state index in [1.807, 2.05) is 13.0 Å². The molecule has 1 N–H and O–H groups in total. The number of rotatable bonds is 8. The molecule has 0 saturated carbocycles. The molecule has 1 amide bonds. The lowest BCUT2D eigenvalue weighted by atomic mass is 9.93. The minimum Gasteiger partial charge on any atom is -0.383 e. The summed E-state index contributed by atoms with van der Waals surface area (Å²) in [5.41, 5.74) is 1.41. The van der Waals surface area contributed by atoms with Gasteiger partial charge in [-0.15, -0.1) is 11.3 Å². The number of hydrogen-bond acceptors (Lipinski definition) is 9. The summed E-state index contributed by atoms with van der Waals surface area (Å²) in [4.78, 5) is 29.7. The van der Waals surface area contributed by atoms with Gasteiger partial charge < -0.3 is 15.0 Å². The second-order valence-corrected chi connectivity index (χ2v) is 8.17. The highest BCUT2D eigenvalue weighted by atomic mass is 32.1. The number of nitriles is 1. The van der Waals surface area contributed by atoms with Crippen molar-refractivity contribution in [1.82, 2.24) is 24.8 Å². The molecule has 1 fully saturated rings. The van der Waals surface area contributed by atoms with E-state index in [9.17, 15) is 4.79 Å². The Bertz CT molecular complexity index is 903. The lowest BCUT2D eigenvalue weighted by molar-refractivity contribution is 0.0739. The summed E-state index contributed by atoms with van der Waals surface area (Å²) >= 11 is 1.37. The van der Waals surface area contributed by atoms with E-state index in [1.54, 1.807) is 24.4 Å². The maximum Gasteiger partial charge on any atom is 0.273 e. The van der Waals surface area contributed by atoms with Crippen LogP contribution in [0.4, 0.5) is 10.9 Å². The van der Waals surface area contributed by atoms with Crippen LogP contribution in [-0.4, -0.2) is 77.6 Å². The van der Waals surface area contributed by atoms with E-state index >= 15 is 0 Å². The van der Waals surface area contributed by atoms with Crippen molar-refractivity contribution in [2.45, 2.75) is 25.7 Å². The highest BCUT2D eigenvalue weighted by molar-refractivity contribution is 7.14. The van der Waals surface area contributed by atoms with Crippen LogP contribution >= 0.6 is 11.3 Å². The van der Waals surface area contributed by atoms with Crippen LogP contribution in [-0.2, 0) is 4.74 Å². The van der Waals surface area contributed by atoms with Crippen LogP contribution in [0.3, 0.4) is 0 Å². The third kappa shape index (κ3) is 5.72. The number of likely N-dealkylation sites (tertiary alicyclic amines) is 1. The molecule has 10 heteroatoms. The van der Waals surface area contributed by atoms with E-state index in [4.69, 9.17) is 10.00 Å². The number of nitrogens with zero attached hydrogens (tertiary/aromatic N) is 6. The molecule has 0 radical (unpaired) electrons. The van der Waals surface area contributed by atoms with Crippen molar-refractivity contribution in [3.63, 3.8) is 0 Å². The Hall–Kier alpha value is -2.61. The lowest BCUT2D eigenvalue weighted by Gasteiger charge is -2.30. The predicted molar refractivity (Wildman–Crippen MR) is 115 cm³/mol. The molecule has 3 rings (SSSR count). The Labute approximate surface area is 180 Å². The van der Waals surface area contributed by atoms with Gasteiger partial charge in [0.05, 0.1) is 19.2 Å². The van der Waals surface area contributed by atoms with Crippen molar-refractivity contribution >= 4 is 28.2 Å². The monoisotopic (exact) mass is 429 g/mol. The van der Waals surface area contributed by atoms with Gasteiger partial charge in [-0.25, -0.2) is 15.0 Å². The lowest BCUT2D eigenvalue weighted by Crippen LogP contribution is -2.33. The number of carbonyl (C=O) groups is 1. The quantitative estimate of drug-likeness (QED) is 0.638. The zero-order chi connectivity index (χ0) is 21.5. The minimum absolute atomic E-state index is 0.139. The third-order valence-corrected chi connectivity index (χ3v) is 5.85. The van der Waals surface area contributed by atoms with Crippen LogP contribution in [0.1, 0.15) is 40.8 Å². The van der Waals surface area contributed by atoms with Crippen LogP contribution in [0.15, 0.2) is 11.4 Å². The first-order chi connectivity index (χ1) is 14.5. The average molecular weight is 430 g/mol. The number of amides is 1. The van der Waals surface area contributed by atoms with E-state index in [0.29, 0.717) is 48.1 Å². The van der Waals surface area contributed by atoms with Gasteiger partial charge in [0.2, 0.25) is 0 Å². The van der Waals surface area contributed by atoms with E-state index in [2.05, 4.69) is 31.2 Å². The summed E-state index contributed by atoms with van der Waals surface area (Å²) in [6, 6.07) is 4.18. The first-order valence-corrected chi connectivity index (χ1v) is 10.8. The second kappa shape index (κ2) is 10.4. The Morgan fingerprint density at radius 1 is 1.40 bits per heavy atom. The second-order valence-electron chi connectivity index (χ2n) is 7.32. The molecule has 0 unspecified atom stereocenters. The molecule has 0 aromatic carbocycles. The smallest absolute Gasteiger partial charge is 0.273 e. The maximum atomic E-state index is 12.4. The van der Waals surface area contributed by atoms with Gasteiger partial charge >= 0.3 is 0 Å². The van der Waals surface area contributed by atoms with Gasteiger partial charge in [0.15, 0.2) is 5.13 Å². The summed E-state index contributed by atoms with van der Waals surface area (Å²) in [5, 5.41) is 14.4. The number of piperidine rings is 1. The van der Waals surface area contributed by atoms with Gasteiger partial charge in [0, 0.05) is 43.8 Å². The number of thiazole rings is 1. The van der Waals surface area contributed by atoms with Gasteiger partial charge in [-0.1, -0.05) is 0 Å². The molecule has 1 aliphatic rings. The number of likely N-dealkylation sites (N-methyl/N-ethyl adjacent to an activating group) is 1. The molecule has 0 spiro atoms. The van der Waals surface area contributed by atoms with Crippen molar-refractivity contribution in [3.8, 4) is 6.07 Å². The van der Waals surface area contributed by atoms with Crippen LogP contribution in [0.5, 0.6) is 0 Å². The van der Waals surface area contributed by atoms with Crippen molar-refractivity contribution in [2.75, 3.05) is 52.3 Å². The van der Waals surface area contributed by atoms with Gasteiger partial charge in [0.25, 0.3) is 5.91 Å². The van der Waals surface area contributed by atoms with Crippen LogP contribution in [0.25, 0.3) is 0 Å². The van der Waals surface area contributed by atoms with E-state index < -0.39 is 0 Å². The van der Waals surface area contributed by atoms with E-state index in [1.165, 1.54) is 11.3 Å². The fraction of sp³-hybridized carbons (Fsp3) is 0.550. The molecular weight excluding hydrogens is 402 g/mol. The van der Waals surface area contributed by atoms with E-state index in [0.717, 1.165) is 31.6 Å². The number of hydrogen-bond donors (Lipinski definition) is 1. The van der Waals surface area contributed by atoms with Gasteiger partial charge in [-0.05, 0) is 32.9 Å². The number of aryl methyl sites for hydroxylation is 1. The fourth-order valence-electron chi connectivity index (χ4n) is 3.42. The SMILES string of the molecule is COCCN(C)C(=O)c1csc(Nc2cc(C3CCN(CC#N)CC3)nc(C)n2)n1. The zero-order valence-electron chi connectivity index (χ0n) is 17.6. The normalized spacial score (nSPS) is 15.0. The van der Waals surface area contributed by atoms with Crippen LogP contribution < -0.4 is 5.32 Å². The molecule has 2 aromatic heterocycles. The number of methoxy groups -OCH3 is 1. The van der Waals surface area contributed by atoms with Crippen LogP contribution in [0.2, 0.25) is 0 Å². The summed E-state index contributed by atoms with van der Waals surface area (Å²) in [6.45, 7) is 5.15. The first kappa shape index (κ1) is 22.1. The third-order valence-electron chi connectivity index (χ3n) is 5.09. The molecule has 2 aromatic rings. The van der Waals surface area contributed by atoms with Crippen molar-refractivity contribution in [1.29, 1.82) is 5.26 Å². The summed E-state index contributed by atoms with van der Waals surface area (Å²) in [7, 11) is 3.34. The molecule has 0 aliphatic carbocycles. The van der Waals surface area contributed by atoms with E-state index in [-0.39, 0.29) is 5.91 Å². The Morgan fingerprint density at radius 2 is 2.17 bits per heavy atom. The minimum atomic E-state index is -0.139. The number of nitrogens with one attached hydrogen (secondary N) is 1. The van der Waals surface area contributed by atoms with Crippen molar-refractivity contribution in [2.24, 2.45) is 0 Å². The standard InChI is InChI=1S/C20H27N7O2S/c1-14-22-16(15-4-7-27(8-5-15)9-6-21)12-18(23-14)25-20-24-17(13-30-20)19(28)26(2)10-11-29-3/h12-13,15H,4-5,7-11H2,1-3H3,(H,22,23,24,25).